The standard InChI is InChI=1S/C21H25NO5/c1-2-3-14-26-21(25)22-18(15-23)20(24)27-19(16-10-6-4-7-11-16)17-12-8-5-9-13-17/h4-13,18-19,23H,2-3,14-15H2,1H3,(H,22,25)/t18-/m0/s1. The van der Waals surface area contributed by atoms with Crippen molar-refractivity contribution in [1.29, 1.82) is 0 Å². The molecule has 1 atom stereocenters. The summed E-state index contributed by atoms with van der Waals surface area (Å²) in [4.78, 5) is 24.3. The van der Waals surface area contributed by atoms with Gasteiger partial charge in [0.05, 0.1) is 13.2 Å². The lowest BCUT2D eigenvalue weighted by atomic mass is 10.0. The molecule has 2 N–H and O–H groups in total. The number of unbranched alkanes of at least 4 members (excludes halogenated alkanes) is 1. The SMILES string of the molecule is CCCCOC(=O)N[C@@H](CO)C(=O)OC(c1ccccc1)c1ccccc1. The average Bonchev–Trinajstić information content (AvgIpc) is 2.71. The zero-order valence-corrected chi connectivity index (χ0v) is 15.3. The molecule has 0 aliphatic carbocycles. The molecule has 0 aliphatic heterocycles. The number of benzene rings is 2. The highest BCUT2D eigenvalue weighted by atomic mass is 16.6. The predicted octanol–water partition coefficient (Wildman–Crippen LogP) is 3.21. The van der Waals surface area contributed by atoms with E-state index in [0.717, 1.165) is 24.0 Å². The van der Waals surface area contributed by atoms with Crippen molar-refractivity contribution in [3.63, 3.8) is 0 Å². The maximum absolute atomic E-state index is 12.5. The summed E-state index contributed by atoms with van der Waals surface area (Å²) in [6.07, 6.45) is 0.211. The van der Waals surface area contributed by atoms with Crippen LogP contribution in [-0.4, -0.2) is 36.4 Å². The highest BCUT2D eigenvalue weighted by Gasteiger charge is 2.26. The maximum Gasteiger partial charge on any atom is 0.407 e. The molecule has 0 heterocycles. The Morgan fingerprint density at radius 2 is 1.56 bits per heavy atom. The summed E-state index contributed by atoms with van der Waals surface area (Å²) in [5.41, 5.74) is 1.58. The van der Waals surface area contributed by atoms with Crippen LogP contribution in [0.15, 0.2) is 60.7 Å². The van der Waals surface area contributed by atoms with Crippen LogP contribution in [-0.2, 0) is 14.3 Å². The van der Waals surface area contributed by atoms with E-state index in [9.17, 15) is 14.7 Å². The first-order valence-corrected chi connectivity index (χ1v) is 9.00. The van der Waals surface area contributed by atoms with Gasteiger partial charge in [0.2, 0.25) is 0 Å². The Bertz CT molecular complexity index is 666. The highest BCUT2D eigenvalue weighted by Crippen LogP contribution is 2.26. The Morgan fingerprint density at radius 3 is 2.04 bits per heavy atom. The number of aliphatic hydroxyl groups is 1. The number of esters is 1. The quantitative estimate of drug-likeness (QED) is 0.522. The molecule has 6 heteroatoms. The summed E-state index contributed by atoms with van der Waals surface area (Å²) >= 11 is 0. The normalized spacial score (nSPS) is 11.7. The van der Waals surface area contributed by atoms with Crippen LogP contribution in [0.4, 0.5) is 4.79 Å². The molecule has 27 heavy (non-hydrogen) atoms. The minimum absolute atomic E-state index is 0.256. The van der Waals surface area contributed by atoms with Gasteiger partial charge in [0.1, 0.15) is 0 Å². The predicted molar refractivity (Wildman–Crippen MR) is 101 cm³/mol. The molecular formula is C21H25NO5. The molecule has 2 rings (SSSR count). The zero-order valence-electron chi connectivity index (χ0n) is 15.3. The van der Waals surface area contributed by atoms with Crippen molar-refractivity contribution in [3.05, 3.63) is 71.8 Å². The fourth-order valence-electron chi connectivity index (χ4n) is 2.45. The second kappa shape index (κ2) is 11.0. The minimum atomic E-state index is -1.20. The van der Waals surface area contributed by atoms with Crippen molar-refractivity contribution in [3.8, 4) is 0 Å². The Labute approximate surface area is 159 Å². The van der Waals surface area contributed by atoms with Crippen molar-refractivity contribution < 1.29 is 24.2 Å². The monoisotopic (exact) mass is 371 g/mol. The Kier molecular flexibility index (Phi) is 8.32. The Balaban J connectivity index is 2.09. The van der Waals surface area contributed by atoms with Crippen molar-refractivity contribution in [1.82, 2.24) is 5.32 Å². The van der Waals surface area contributed by atoms with Crippen LogP contribution in [0.2, 0.25) is 0 Å². The molecule has 0 bridgehead atoms. The number of hydrogen-bond acceptors (Lipinski definition) is 5. The van der Waals surface area contributed by atoms with Crippen LogP contribution in [0.3, 0.4) is 0 Å². The molecule has 144 valence electrons. The summed E-state index contributed by atoms with van der Waals surface area (Å²) in [5, 5.41) is 11.8. The van der Waals surface area contributed by atoms with Gasteiger partial charge in [-0.2, -0.15) is 0 Å². The third kappa shape index (κ3) is 6.42. The number of rotatable bonds is 9. The number of amides is 1. The van der Waals surface area contributed by atoms with Gasteiger partial charge in [-0.05, 0) is 17.5 Å². The molecule has 0 unspecified atom stereocenters. The summed E-state index contributed by atoms with van der Waals surface area (Å²) < 4.78 is 10.6. The number of aliphatic hydroxyl groups excluding tert-OH is 1. The average molecular weight is 371 g/mol. The molecule has 0 saturated carbocycles. The van der Waals surface area contributed by atoms with E-state index in [4.69, 9.17) is 9.47 Å². The number of alkyl carbamates (subject to hydrolysis) is 1. The third-order valence-corrected chi connectivity index (χ3v) is 3.93. The second-order valence-corrected chi connectivity index (χ2v) is 6.01. The molecule has 0 radical (unpaired) electrons. The van der Waals surface area contributed by atoms with Crippen LogP contribution < -0.4 is 5.32 Å². The summed E-state index contributed by atoms with van der Waals surface area (Å²) in [5.74, 6) is -0.734. The Hall–Kier alpha value is -2.86. The molecule has 0 saturated heterocycles. The fourth-order valence-corrected chi connectivity index (χ4v) is 2.45. The first-order chi connectivity index (χ1) is 13.2. The summed E-state index contributed by atoms with van der Waals surface area (Å²) in [7, 11) is 0. The number of ether oxygens (including phenoxy) is 2. The van der Waals surface area contributed by atoms with Gasteiger partial charge in [-0.25, -0.2) is 9.59 Å². The number of nitrogens with one attached hydrogen (secondary N) is 1. The van der Waals surface area contributed by atoms with Gasteiger partial charge in [0.15, 0.2) is 12.1 Å². The third-order valence-electron chi connectivity index (χ3n) is 3.93. The van der Waals surface area contributed by atoms with E-state index in [1.165, 1.54) is 0 Å². The van der Waals surface area contributed by atoms with E-state index in [0.29, 0.717) is 0 Å². The molecular weight excluding hydrogens is 346 g/mol. The topological polar surface area (TPSA) is 84.9 Å². The lowest BCUT2D eigenvalue weighted by Crippen LogP contribution is -2.45. The van der Waals surface area contributed by atoms with E-state index in [2.05, 4.69) is 5.32 Å². The lowest BCUT2D eigenvalue weighted by molar-refractivity contribution is -0.151. The van der Waals surface area contributed by atoms with Gasteiger partial charge >= 0.3 is 12.1 Å². The zero-order chi connectivity index (χ0) is 19.5. The molecule has 2 aromatic rings. The molecule has 0 aromatic heterocycles. The first kappa shape index (κ1) is 20.5. The summed E-state index contributed by atoms with van der Waals surface area (Å²) in [6.45, 7) is 1.65. The van der Waals surface area contributed by atoms with Gasteiger partial charge in [0.25, 0.3) is 0 Å². The first-order valence-electron chi connectivity index (χ1n) is 9.00. The van der Waals surface area contributed by atoms with Crippen LogP contribution in [0.1, 0.15) is 37.0 Å². The van der Waals surface area contributed by atoms with E-state index in [1.807, 2.05) is 67.6 Å². The number of carbonyl (C=O) groups excluding carboxylic acids is 2. The van der Waals surface area contributed by atoms with Crippen LogP contribution in [0.25, 0.3) is 0 Å². The molecule has 6 nitrogen and oxygen atoms in total. The smallest absolute Gasteiger partial charge is 0.407 e. The lowest BCUT2D eigenvalue weighted by Gasteiger charge is -2.22. The van der Waals surface area contributed by atoms with Crippen molar-refractivity contribution in [2.24, 2.45) is 0 Å². The van der Waals surface area contributed by atoms with E-state index in [-0.39, 0.29) is 6.61 Å². The van der Waals surface area contributed by atoms with Gasteiger partial charge in [-0.1, -0.05) is 74.0 Å². The van der Waals surface area contributed by atoms with E-state index < -0.39 is 30.8 Å². The molecule has 0 fully saturated rings. The van der Waals surface area contributed by atoms with Crippen molar-refractivity contribution in [2.75, 3.05) is 13.2 Å². The van der Waals surface area contributed by atoms with Crippen LogP contribution in [0.5, 0.6) is 0 Å². The maximum atomic E-state index is 12.5. The van der Waals surface area contributed by atoms with Gasteiger partial charge < -0.3 is 19.9 Å². The molecule has 0 aliphatic rings. The van der Waals surface area contributed by atoms with Crippen LogP contribution >= 0.6 is 0 Å². The van der Waals surface area contributed by atoms with Gasteiger partial charge in [0, 0.05) is 0 Å². The molecule has 1 amide bonds. The Morgan fingerprint density at radius 1 is 1.00 bits per heavy atom. The second-order valence-electron chi connectivity index (χ2n) is 6.01. The minimum Gasteiger partial charge on any atom is -0.451 e. The van der Waals surface area contributed by atoms with Gasteiger partial charge in [-0.15, -0.1) is 0 Å². The van der Waals surface area contributed by atoms with E-state index in [1.54, 1.807) is 0 Å². The number of carbonyl (C=O) groups is 2. The van der Waals surface area contributed by atoms with Crippen molar-refractivity contribution >= 4 is 12.1 Å². The number of hydrogen-bond donors (Lipinski definition) is 2. The van der Waals surface area contributed by atoms with Crippen LogP contribution in [0, 0.1) is 0 Å². The van der Waals surface area contributed by atoms with Gasteiger partial charge in [-0.3, -0.25) is 0 Å². The molecule has 2 aromatic carbocycles. The molecule has 0 spiro atoms. The largest absolute Gasteiger partial charge is 0.451 e. The van der Waals surface area contributed by atoms with E-state index >= 15 is 0 Å². The fraction of sp³-hybridized carbons (Fsp3) is 0.333. The van der Waals surface area contributed by atoms with Crippen molar-refractivity contribution in [2.45, 2.75) is 31.9 Å². The highest BCUT2D eigenvalue weighted by molar-refractivity contribution is 5.81. The summed E-state index contributed by atoms with van der Waals surface area (Å²) in [6, 6.07) is 17.4.